The molecule has 0 aromatic heterocycles. The Bertz CT molecular complexity index is 368. The first-order chi connectivity index (χ1) is 8.30. The third kappa shape index (κ3) is 6.68. The van der Waals surface area contributed by atoms with Gasteiger partial charge in [0.2, 0.25) is 10.0 Å². The topological polar surface area (TPSA) is 46.6 Å². The Balaban J connectivity index is 4.61. The quantitative estimate of drug-likeness (QED) is 0.756. The van der Waals surface area contributed by atoms with Gasteiger partial charge in [0, 0.05) is 12.1 Å². The average Bonchev–Trinajstić information content (AvgIpc) is 2.11. The summed E-state index contributed by atoms with van der Waals surface area (Å²) in [7, 11) is -3.30. The molecule has 0 saturated heterocycles. The number of hydrogen-bond acceptors (Lipinski definition) is 3. The summed E-state index contributed by atoms with van der Waals surface area (Å²) in [5, 5.41) is 0. The van der Waals surface area contributed by atoms with Gasteiger partial charge in [0.1, 0.15) is 6.67 Å². The van der Waals surface area contributed by atoms with Gasteiger partial charge in [0.15, 0.2) is 0 Å². The molecule has 0 amide bonds. The number of halogens is 1. The Morgan fingerprint density at radius 3 is 1.89 bits per heavy atom. The van der Waals surface area contributed by atoms with Crippen molar-refractivity contribution in [2.24, 2.45) is 5.41 Å². The SMILES string of the molecule is CC(C)(C)C(CF)OCCN(C(C)(C)C)S(C)(=O)=O. The van der Waals surface area contributed by atoms with Crippen molar-refractivity contribution in [1.29, 1.82) is 0 Å². The van der Waals surface area contributed by atoms with Crippen molar-refractivity contribution in [2.45, 2.75) is 53.2 Å². The first-order valence-electron chi connectivity index (χ1n) is 6.45. The van der Waals surface area contributed by atoms with E-state index in [2.05, 4.69) is 0 Å². The van der Waals surface area contributed by atoms with Gasteiger partial charge in [-0.25, -0.2) is 12.8 Å². The van der Waals surface area contributed by atoms with E-state index in [0.717, 1.165) is 0 Å². The zero-order valence-electron chi connectivity index (χ0n) is 13.2. The number of ether oxygens (including phenoxy) is 1. The van der Waals surface area contributed by atoms with Crippen molar-refractivity contribution in [2.75, 3.05) is 26.1 Å². The van der Waals surface area contributed by atoms with Crippen LogP contribution in [0.25, 0.3) is 0 Å². The molecule has 0 saturated carbocycles. The molecule has 0 N–H and O–H groups in total. The van der Waals surface area contributed by atoms with Gasteiger partial charge in [0.25, 0.3) is 0 Å². The molecule has 0 aliphatic carbocycles. The summed E-state index contributed by atoms with van der Waals surface area (Å²) in [6.45, 7) is 11.0. The first kappa shape index (κ1) is 18.8. The van der Waals surface area contributed by atoms with Crippen LogP contribution in [-0.4, -0.2) is 50.4 Å². The number of sulfonamides is 1. The average molecular weight is 297 g/mol. The minimum atomic E-state index is -3.30. The second kappa shape index (κ2) is 6.50. The fourth-order valence-electron chi connectivity index (χ4n) is 1.80. The smallest absolute Gasteiger partial charge is 0.211 e. The molecule has 4 nitrogen and oxygen atoms in total. The molecule has 0 aromatic rings. The van der Waals surface area contributed by atoms with E-state index in [-0.39, 0.29) is 18.6 Å². The third-order valence-corrected chi connectivity index (χ3v) is 4.40. The van der Waals surface area contributed by atoms with Crippen molar-refractivity contribution >= 4 is 10.0 Å². The minimum absolute atomic E-state index is 0.191. The van der Waals surface area contributed by atoms with E-state index < -0.39 is 28.3 Å². The number of rotatable bonds is 6. The fourth-order valence-corrected chi connectivity index (χ4v) is 3.20. The van der Waals surface area contributed by atoms with Gasteiger partial charge >= 0.3 is 0 Å². The molecular formula is C13H28FNO3S. The highest BCUT2D eigenvalue weighted by Gasteiger charge is 2.30. The number of hydrogen-bond donors (Lipinski definition) is 0. The first-order valence-corrected chi connectivity index (χ1v) is 8.30. The maximum absolute atomic E-state index is 12.9. The highest BCUT2D eigenvalue weighted by Crippen LogP contribution is 2.23. The molecule has 0 aromatic carbocycles. The summed E-state index contributed by atoms with van der Waals surface area (Å²) in [6.07, 6.45) is 0.656. The van der Waals surface area contributed by atoms with Gasteiger partial charge in [-0.1, -0.05) is 20.8 Å². The van der Waals surface area contributed by atoms with E-state index >= 15 is 0 Å². The zero-order chi connectivity index (χ0) is 15.5. The summed E-state index contributed by atoms with van der Waals surface area (Å²) in [6, 6.07) is 0. The standard InChI is InChI=1S/C13H28FNO3S/c1-12(2,3)11(10-14)18-9-8-15(13(4,5)6)19(7,16)17/h11H,8-10H2,1-7H3. The lowest BCUT2D eigenvalue weighted by Gasteiger charge is -2.34. The van der Waals surface area contributed by atoms with Crippen LogP contribution in [0.4, 0.5) is 4.39 Å². The lowest BCUT2D eigenvalue weighted by atomic mass is 9.90. The van der Waals surface area contributed by atoms with Crippen LogP contribution in [0.1, 0.15) is 41.5 Å². The summed E-state index contributed by atoms with van der Waals surface area (Å²) in [5.74, 6) is 0. The van der Waals surface area contributed by atoms with E-state index in [1.807, 2.05) is 41.5 Å². The molecule has 0 radical (unpaired) electrons. The molecule has 0 aliphatic rings. The molecule has 1 atom stereocenters. The van der Waals surface area contributed by atoms with Crippen molar-refractivity contribution in [3.05, 3.63) is 0 Å². The largest absolute Gasteiger partial charge is 0.374 e. The normalized spacial score (nSPS) is 15.8. The summed E-state index contributed by atoms with van der Waals surface area (Å²) in [5.41, 5.74) is -0.809. The van der Waals surface area contributed by atoms with Crippen LogP contribution in [0.2, 0.25) is 0 Å². The van der Waals surface area contributed by atoms with Gasteiger partial charge in [-0.2, -0.15) is 4.31 Å². The fraction of sp³-hybridized carbons (Fsp3) is 1.00. The second-order valence-corrected chi connectivity index (χ2v) is 8.79. The van der Waals surface area contributed by atoms with Gasteiger partial charge in [-0.3, -0.25) is 0 Å². The molecule has 0 aliphatic heterocycles. The Labute approximate surface area is 117 Å². The van der Waals surface area contributed by atoms with E-state index in [9.17, 15) is 12.8 Å². The highest BCUT2D eigenvalue weighted by atomic mass is 32.2. The van der Waals surface area contributed by atoms with Crippen LogP contribution in [0.3, 0.4) is 0 Å². The summed E-state index contributed by atoms with van der Waals surface area (Å²) < 4.78 is 43.2. The highest BCUT2D eigenvalue weighted by molar-refractivity contribution is 7.88. The Morgan fingerprint density at radius 2 is 1.63 bits per heavy atom. The van der Waals surface area contributed by atoms with E-state index in [1.54, 1.807) is 0 Å². The third-order valence-electron chi connectivity index (χ3n) is 2.87. The van der Waals surface area contributed by atoms with Crippen LogP contribution in [-0.2, 0) is 14.8 Å². The van der Waals surface area contributed by atoms with Crippen LogP contribution in [0, 0.1) is 5.41 Å². The Kier molecular flexibility index (Phi) is 6.43. The number of nitrogens with zero attached hydrogens (tertiary/aromatic N) is 1. The molecule has 116 valence electrons. The van der Waals surface area contributed by atoms with Crippen molar-refractivity contribution in [1.82, 2.24) is 4.31 Å². The predicted octanol–water partition coefficient (Wildman–Crippen LogP) is 2.45. The van der Waals surface area contributed by atoms with E-state index in [4.69, 9.17) is 4.74 Å². The van der Waals surface area contributed by atoms with E-state index in [0.29, 0.717) is 0 Å². The Morgan fingerprint density at radius 1 is 1.16 bits per heavy atom. The minimum Gasteiger partial charge on any atom is -0.374 e. The van der Waals surface area contributed by atoms with Crippen molar-refractivity contribution in [3.8, 4) is 0 Å². The van der Waals surface area contributed by atoms with Gasteiger partial charge in [0.05, 0.1) is 19.0 Å². The lowest BCUT2D eigenvalue weighted by Crippen LogP contribution is -2.47. The molecule has 0 spiro atoms. The molecule has 6 heteroatoms. The van der Waals surface area contributed by atoms with Crippen molar-refractivity contribution < 1.29 is 17.5 Å². The maximum Gasteiger partial charge on any atom is 0.211 e. The molecular weight excluding hydrogens is 269 g/mol. The monoisotopic (exact) mass is 297 g/mol. The summed E-state index contributed by atoms with van der Waals surface area (Å²) >= 11 is 0. The zero-order valence-corrected chi connectivity index (χ0v) is 14.0. The van der Waals surface area contributed by atoms with Gasteiger partial charge in [-0.05, 0) is 26.2 Å². The molecule has 1 unspecified atom stereocenters. The molecule has 0 bridgehead atoms. The molecule has 0 rings (SSSR count). The molecule has 0 fully saturated rings. The lowest BCUT2D eigenvalue weighted by molar-refractivity contribution is -0.0369. The van der Waals surface area contributed by atoms with Gasteiger partial charge in [-0.15, -0.1) is 0 Å². The van der Waals surface area contributed by atoms with Crippen molar-refractivity contribution in [3.63, 3.8) is 0 Å². The second-order valence-electron chi connectivity index (χ2n) is 6.89. The maximum atomic E-state index is 12.9. The van der Waals surface area contributed by atoms with Crippen LogP contribution in [0.5, 0.6) is 0 Å². The molecule has 19 heavy (non-hydrogen) atoms. The van der Waals surface area contributed by atoms with Gasteiger partial charge < -0.3 is 4.74 Å². The number of alkyl halides is 1. The van der Waals surface area contributed by atoms with Crippen LogP contribution in [0.15, 0.2) is 0 Å². The Hall–Kier alpha value is -0.200. The summed E-state index contributed by atoms with van der Waals surface area (Å²) in [4.78, 5) is 0. The molecule has 0 heterocycles. The van der Waals surface area contributed by atoms with Crippen LogP contribution < -0.4 is 0 Å². The van der Waals surface area contributed by atoms with Crippen LogP contribution >= 0.6 is 0 Å². The van der Waals surface area contributed by atoms with E-state index in [1.165, 1.54) is 10.6 Å². The predicted molar refractivity (Wildman–Crippen MR) is 76.5 cm³/mol.